The summed E-state index contributed by atoms with van der Waals surface area (Å²) >= 11 is 0. The summed E-state index contributed by atoms with van der Waals surface area (Å²) in [7, 11) is 4.78. The summed E-state index contributed by atoms with van der Waals surface area (Å²) in [4.78, 5) is 38.5. The quantitative estimate of drug-likeness (QED) is 0.747. The van der Waals surface area contributed by atoms with E-state index in [0.29, 0.717) is 28.3 Å². The van der Waals surface area contributed by atoms with Gasteiger partial charge >= 0.3 is 0 Å². The van der Waals surface area contributed by atoms with E-state index in [1.807, 2.05) is 13.8 Å². The van der Waals surface area contributed by atoms with Crippen LogP contribution in [0.25, 0.3) is 0 Å². The first kappa shape index (κ1) is 21.9. The fraction of sp³-hybridized carbons (Fsp3) is 0.318. The van der Waals surface area contributed by atoms with E-state index in [4.69, 9.17) is 4.74 Å². The van der Waals surface area contributed by atoms with E-state index in [0.717, 1.165) is 6.42 Å². The molecule has 0 saturated carbocycles. The summed E-state index contributed by atoms with van der Waals surface area (Å²) in [6.07, 6.45) is 0.734. The molecule has 1 unspecified atom stereocenters. The Morgan fingerprint density at radius 2 is 1.72 bits per heavy atom. The Hall–Kier alpha value is -3.35. The summed E-state index contributed by atoms with van der Waals surface area (Å²) in [5, 5.41) is 5.60. The average Bonchev–Trinajstić information content (AvgIpc) is 2.72. The maximum absolute atomic E-state index is 12.7. The third-order valence-corrected chi connectivity index (χ3v) is 4.55. The van der Waals surface area contributed by atoms with E-state index in [2.05, 4.69) is 10.6 Å². The molecule has 0 radical (unpaired) electrons. The lowest BCUT2D eigenvalue weighted by atomic mass is 10.1. The highest BCUT2D eigenvalue weighted by Gasteiger charge is 2.17. The number of carbonyl (C=O) groups excluding carboxylic acids is 3. The van der Waals surface area contributed by atoms with Crippen LogP contribution in [0.1, 0.15) is 41.0 Å². The van der Waals surface area contributed by atoms with Crippen molar-refractivity contribution in [2.24, 2.45) is 5.92 Å². The van der Waals surface area contributed by atoms with Crippen LogP contribution in [0.4, 0.5) is 11.4 Å². The van der Waals surface area contributed by atoms with E-state index in [9.17, 15) is 14.4 Å². The molecule has 7 heteroatoms. The number of hydrogen-bond donors (Lipinski definition) is 2. The summed E-state index contributed by atoms with van der Waals surface area (Å²) < 4.78 is 5.24. The highest BCUT2D eigenvalue weighted by atomic mass is 16.5. The number of nitrogens with zero attached hydrogens (tertiary/aromatic N) is 1. The van der Waals surface area contributed by atoms with Gasteiger partial charge in [0.05, 0.1) is 12.7 Å². The van der Waals surface area contributed by atoms with Gasteiger partial charge in [-0.05, 0) is 42.8 Å². The molecule has 0 aliphatic rings. The van der Waals surface area contributed by atoms with Crippen molar-refractivity contribution in [1.29, 1.82) is 0 Å². The number of anilines is 2. The van der Waals surface area contributed by atoms with Crippen molar-refractivity contribution in [3.05, 3.63) is 53.6 Å². The van der Waals surface area contributed by atoms with Crippen molar-refractivity contribution < 1.29 is 19.1 Å². The molecular weight excluding hydrogens is 370 g/mol. The molecule has 2 aromatic rings. The predicted octanol–water partition coefficient (Wildman–Crippen LogP) is 3.63. The van der Waals surface area contributed by atoms with Gasteiger partial charge in [0.15, 0.2) is 0 Å². The van der Waals surface area contributed by atoms with Gasteiger partial charge in [0, 0.05) is 37.0 Å². The van der Waals surface area contributed by atoms with Crippen molar-refractivity contribution >= 4 is 29.1 Å². The van der Waals surface area contributed by atoms with Crippen molar-refractivity contribution in [3.8, 4) is 5.75 Å². The third kappa shape index (κ3) is 5.57. The Bertz CT molecular complexity index is 909. The number of methoxy groups -OCH3 is 1. The number of benzene rings is 2. The van der Waals surface area contributed by atoms with Crippen LogP contribution in [-0.4, -0.2) is 43.8 Å². The first-order valence-electron chi connectivity index (χ1n) is 9.38. The number of nitrogens with one attached hydrogen (secondary N) is 2. The van der Waals surface area contributed by atoms with Gasteiger partial charge in [0.2, 0.25) is 5.91 Å². The topological polar surface area (TPSA) is 87.7 Å². The van der Waals surface area contributed by atoms with Gasteiger partial charge in [-0.15, -0.1) is 0 Å². The van der Waals surface area contributed by atoms with Gasteiger partial charge in [-0.3, -0.25) is 14.4 Å². The SMILES string of the molecule is CCC(C)C(=O)Nc1cccc(C(=O)Nc2ccc(OC)c(C(=O)N(C)C)c2)c1. The Morgan fingerprint density at radius 1 is 1.03 bits per heavy atom. The van der Waals surface area contributed by atoms with E-state index >= 15 is 0 Å². The lowest BCUT2D eigenvalue weighted by molar-refractivity contribution is -0.119. The van der Waals surface area contributed by atoms with E-state index < -0.39 is 0 Å². The maximum Gasteiger partial charge on any atom is 0.257 e. The number of ether oxygens (including phenoxy) is 1. The van der Waals surface area contributed by atoms with Gasteiger partial charge in [0.1, 0.15) is 5.75 Å². The van der Waals surface area contributed by atoms with Gasteiger partial charge < -0.3 is 20.3 Å². The molecule has 0 aliphatic carbocycles. The molecule has 7 nitrogen and oxygen atoms in total. The summed E-state index contributed by atoms with van der Waals surface area (Å²) in [6.45, 7) is 3.79. The lowest BCUT2D eigenvalue weighted by Gasteiger charge is -2.15. The minimum atomic E-state index is -0.349. The molecular formula is C22H27N3O4. The van der Waals surface area contributed by atoms with Crippen LogP contribution >= 0.6 is 0 Å². The Labute approximate surface area is 171 Å². The molecule has 0 fully saturated rings. The monoisotopic (exact) mass is 397 g/mol. The van der Waals surface area contributed by atoms with Gasteiger partial charge in [-0.2, -0.15) is 0 Å². The number of rotatable bonds is 7. The summed E-state index contributed by atoms with van der Waals surface area (Å²) in [5.41, 5.74) is 1.77. The van der Waals surface area contributed by atoms with Crippen LogP contribution in [0, 0.1) is 5.92 Å². The largest absolute Gasteiger partial charge is 0.496 e. The number of hydrogen-bond acceptors (Lipinski definition) is 4. The fourth-order valence-corrected chi connectivity index (χ4v) is 2.59. The van der Waals surface area contributed by atoms with Crippen molar-refractivity contribution in [3.63, 3.8) is 0 Å². The normalized spacial score (nSPS) is 11.3. The van der Waals surface area contributed by atoms with E-state index in [1.165, 1.54) is 12.0 Å². The minimum absolute atomic E-state index is 0.0907. The first-order chi connectivity index (χ1) is 13.8. The Balaban J connectivity index is 2.20. The Morgan fingerprint density at radius 3 is 2.34 bits per heavy atom. The van der Waals surface area contributed by atoms with Gasteiger partial charge in [-0.1, -0.05) is 19.9 Å². The molecule has 0 aliphatic heterocycles. The molecule has 0 aromatic heterocycles. The molecule has 0 bridgehead atoms. The molecule has 154 valence electrons. The molecule has 3 amide bonds. The molecule has 1 atom stereocenters. The van der Waals surface area contributed by atoms with Crippen LogP contribution in [0.15, 0.2) is 42.5 Å². The highest BCUT2D eigenvalue weighted by molar-refractivity contribution is 6.06. The summed E-state index contributed by atoms with van der Waals surface area (Å²) in [5.74, 6) is -0.353. The molecule has 29 heavy (non-hydrogen) atoms. The second kappa shape index (κ2) is 9.73. The maximum atomic E-state index is 12.7. The zero-order chi connectivity index (χ0) is 21.6. The molecule has 0 heterocycles. The zero-order valence-corrected chi connectivity index (χ0v) is 17.4. The van der Waals surface area contributed by atoms with E-state index in [-0.39, 0.29) is 23.6 Å². The second-order valence-electron chi connectivity index (χ2n) is 6.95. The lowest BCUT2D eigenvalue weighted by Crippen LogP contribution is -2.22. The van der Waals surface area contributed by atoms with Crippen LogP contribution in [0.2, 0.25) is 0 Å². The van der Waals surface area contributed by atoms with Crippen LogP contribution in [0.5, 0.6) is 5.75 Å². The molecule has 2 N–H and O–H groups in total. The molecule has 2 rings (SSSR count). The van der Waals surface area contributed by atoms with Crippen LogP contribution < -0.4 is 15.4 Å². The zero-order valence-electron chi connectivity index (χ0n) is 17.4. The van der Waals surface area contributed by atoms with Crippen LogP contribution in [0.3, 0.4) is 0 Å². The Kier molecular flexibility index (Phi) is 7.36. The number of carbonyl (C=O) groups is 3. The summed E-state index contributed by atoms with van der Waals surface area (Å²) in [6, 6.07) is 11.6. The van der Waals surface area contributed by atoms with E-state index in [1.54, 1.807) is 56.6 Å². The standard InChI is InChI=1S/C22H27N3O4/c1-6-14(2)20(26)23-16-9-7-8-15(12-16)21(27)24-17-10-11-19(29-5)18(13-17)22(28)25(3)4/h7-14H,6H2,1-5H3,(H,23,26)(H,24,27). The predicted molar refractivity (Wildman–Crippen MR) is 113 cm³/mol. The fourth-order valence-electron chi connectivity index (χ4n) is 2.59. The molecule has 2 aromatic carbocycles. The molecule has 0 spiro atoms. The van der Waals surface area contributed by atoms with Crippen LogP contribution in [-0.2, 0) is 4.79 Å². The van der Waals surface area contributed by atoms with Crippen molar-refractivity contribution in [2.45, 2.75) is 20.3 Å². The van der Waals surface area contributed by atoms with Crippen molar-refractivity contribution in [1.82, 2.24) is 4.90 Å². The second-order valence-corrected chi connectivity index (χ2v) is 6.95. The average molecular weight is 397 g/mol. The highest BCUT2D eigenvalue weighted by Crippen LogP contribution is 2.24. The first-order valence-corrected chi connectivity index (χ1v) is 9.38. The minimum Gasteiger partial charge on any atom is -0.496 e. The van der Waals surface area contributed by atoms with Gasteiger partial charge in [-0.25, -0.2) is 0 Å². The smallest absolute Gasteiger partial charge is 0.257 e. The molecule has 0 saturated heterocycles. The third-order valence-electron chi connectivity index (χ3n) is 4.55. The van der Waals surface area contributed by atoms with Crippen molar-refractivity contribution in [2.75, 3.05) is 31.8 Å². The van der Waals surface area contributed by atoms with Gasteiger partial charge in [0.25, 0.3) is 11.8 Å². The number of amides is 3.